The second-order valence-electron chi connectivity index (χ2n) is 6.05. The minimum Gasteiger partial charge on any atom is -0.486 e. The van der Waals surface area contributed by atoms with Crippen molar-refractivity contribution in [2.24, 2.45) is 0 Å². The van der Waals surface area contributed by atoms with Gasteiger partial charge in [0.1, 0.15) is 13.2 Å². The van der Waals surface area contributed by atoms with Crippen LogP contribution >= 0.6 is 0 Å². The van der Waals surface area contributed by atoms with Crippen molar-refractivity contribution < 1.29 is 19.1 Å². The van der Waals surface area contributed by atoms with Crippen LogP contribution in [0.1, 0.15) is 35.1 Å². The van der Waals surface area contributed by atoms with Crippen LogP contribution in [0.3, 0.4) is 0 Å². The van der Waals surface area contributed by atoms with Gasteiger partial charge in [-0.2, -0.15) is 5.10 Å². The fraction of sp³-hybridized carbons (Fsp3) is 0.389. The van der Waals surface area contributed by atoms with E-state index in [4.69, 9.17) is 9.47 Å². The molecule has 132 valence electrons. The Morgan fingerprint density at radius 1 is 1.16 bits per heavy atom. The van der Waals surface area contributed by atoms with Crippen LogP contribution in [0.5, 0.6) is 11.5 Å². The van der Waals surface area contributed by atoms with Gasteiger partial charge in [0.15, 0.2) is 17.3 Å². The molecule has 7 heteroatoms. The maximum absolute atomic E-state index is 12.3. The van der Waals surface area contributed by atoms with Gasteiger partial charge in [-0.1, -0.05) is 0 Å². The Hall–Kier alpha value is -2.83. The second kappa shape index (κ2) is 6.96. The molecule has 0 unspecified atom stereocenters. The monoisotopic (exact) mass is 343 g/mol. The highest BCUT2D eigenvalue weighted by Crippen LogP contribution is 2.35. The molecule has 1 amide bonds. The van der Waals surface area contributed by atoms with E-state index in [0.29, 0.717) is 42.5 Å². The zero-order chi connectivity index (χ0) is 18.0. The van der Waals surface area contributed by atoms with E-state index >= 15 is 0 Å². The summed E-state index contributed by atoms with van der Waals surface area (Å²) < 4.78 is 12.8. The van der Waals surface area contributed by atoms with E-state index in [2.05, 4.69) is 10.4 Å². The number of carbonyl (C=O) groups excluding carboxylic acids is 2. The number of ketones is 1. The fourth-order valence-corrected chi connectivity index (χ4v) is 2.80. The molecule has 1 aromatic heterocycles. The number of aryl methyl sites for hydroxylation is 3. The molecule has 1 aliphatic rings. The van der Waals surface area contributed by atoms with E-state index in [9.17, 15) is 9.59 Å². The number of carbonyl (C=O) groups is 2. The minimum absolute atomic E-state index is 0.147. The minimum atomic E-state index is -0.188. The zero-order valence-electron chi connectivity index (χ0n) is 14.6. The van der Waals surface area contributed by atoms with Gasteiger partial charge >= 0.3 is 0 Å². The molecular formula is C18H21N3O4. The molecule has 0 spiro atoms. The average molecular weight is 343 g/mol. The van der Waals surface area contributed by atoms with Crippen molar-refractivity contribution in [1.82, 2.24) is 9.78 Å². The molecule has 0 saturated carbocycles. The normalized spacial score (nSPS) is 12.8. The lowest BCUT2D eigenvalue weighted by Gasteiger charge is -2.20. The number of nitrogens with one attached hydrogen (secondary N) is 1. The zero-order valence-corrected chi connectivity index (χ0v) is 14.6. The van der Waals surface area contributed by atoms with E-state index in [1.54, 1.807) is 16.8 Å². The molecule has 0 bridgehead atoms. The maximum atomic E-state index is 12.3. The van der Waals surface area contributed by atoms with Gasteiger partial charge in [0.25, 0.3) is 0 Å². The molecule has 1 N–H and O–H groups in total. The number of hydrogen-bond donors (Lipinski definition) is 1. The summed E-state index contributed by atoms with van der Waals surface area (Å²) in [6, 6.07) is 5.23. The van der Waals surface area contributed by atoms with Gasteiger partial charge in [-0.05, 0) is 32.9 Å². The molecular weight excluding hydrogens is 322 g/mol. The van der Waals surface area contributed by atoms with E-state index < -0.39 is 0 Å². The lowest BCUT2D eigenvalue weighted by atomic mass is 10.1. The topological polar surface area (TPSA) is 82.5 Å². The van der Waals surface area contributed by atoms with Crippen LogP contribution in [-0.2, 0) is 11.3 Å². The van der Waals surface area contributed by atoms with Crippen LogP contribution in [0.25, 0.3) is 0 Å². The summed E-state index contributed by atoms with van der Waals surface area (Å²) in [5.74, 6) is 0.722. The Kier molecular flexibility index (Phi) is 4.74. The van der Waals surface area contributed by atoms with Crippen molar-refractivity contribution in [1.29, 1.82) is 0 Å². The smallest absolute Gasteiger partial charge is 0.226 e. The van der Waals surface area contributed by atoms with Crippen LogP contribution in [0.2, 0.25) is 0 Å². The summed E-state index contributed by atoms with van der Waals surface area (Å²) in [6.07, 6.45) is 0.258. The highest BCUT2D eigenvalue weighted by atomic mass is 16.6. The molecule has 0 saturated heterocycles. The van der Waals surface area contributed by atoms with Crippen molar-refractivity contribution in [2.75, 3.05) is 18.5 Å². The quantitative estimate of drug-likeness (QED) is 0.844. The van der Waals surface area contributed by atoms with Gasteiger partial charge in [0.2, 0.25) is 5.91 Å². The molecule has 2 heterocycles. The third-order valence-electron chi connectivity index (χ3n) is 3.99. The third kappa shape index (κ3) is 3.81. The molecule has 0 aliphatic carbocycles. The molecule has 1 aliphatic heterocycles. The molecule has 0 atom stereocenters. The number of benzene rings is 1. The first kappa shape index (κ1) is 17.0. The lowest BCUT2D eigenvalue weighted by Crippen LogP contribution is -2.19. The number of hydrogen-bond acceptors (Lipinski definition) is 5. The first-order valence-electron chi connectivity index (χ1n) is 8.19. The largest absolute Gasteiger partial charge is 0.486 e. The number of nitrogens with zero attached hydrogens (tertiary/aromatic N) is 2. The molecule has 25 heavy (non-hydrogen) atoms. The standard InChI is InChI=1S/C18H21N3O4/c1-11-8-12(2)21(20-11)5-4-18(23)19-15-10-17-16(24-6-7-25-17)9-14(15)13(3)22/h8-10H,4-7H2,1-3H3,(H,19,23). The van der Waals surface area contributed by atoms with Crippen LogP contribution in [0.15, 0.2) is 18.2 Å². The van der Waals surface area contributed by atoms with Crippen LogP contribution in [0.4, 0.5) is 5.69 Å². The number of amides is 1. The predicted octanol–water partition coefficient (Wildman–Crippen LogP) is 2.50. The van der Waals surface area contributed by atoms with Crippen LogP contribution in [-0.4, -0.2) is 34.7 Å². The fourth-order valence-electron chi connectivity index (χ4n) is 2.80. The van der Waals surface area contributed by atoms with Gasteiger partial charge in [0, 0.05) is 30.3 Å². The number of Topliss-reactive ketones (excluding diaryl/α,β-unsaturated/α-hetero) is 1. The van der Waals surface area contributed by atoms with E-state index in [1.165, 1.54) is 6.92 Å². The predicted molar refractivity (Wildman–Crippen MR) is 92.4 cm³/mol. The van der Waals surface area contributed by atoms with E-state index in [1.807, 2.05) is 19.9 Å². The Morgan fingerprint density at radius 2 is 1.84 bits per heavy atom. The van der Waals surface area contributed by atoms with Crippen molar-refractivity contribution >= 4 is 17.4 Å². The van der Waals surface area contributed by atoms with Gasteiger partial charge in [-0.25, -0.2) is 0 Å². The van der Waals surface area contributed by atoms with Gasteiger partial charge in [-0.15, -0.1) is 0 Å². The Balaban J connectivity index is 1.73. The Labute approximate surface area is 145 Å². The van der Waals surface area contributed by atoms with Crippen LogP contribution < -0.4 is 14.8 Å². The molecule has 0 radical (unpaired) electrons. The first-order valence-corrected chi connectivity index (χ1v) is 8.19. The number of anilines is 1. The molecule has 1 aromatic carbocycles. The highest BCUT2D eigenvalue weighted by molar-refractivity contribution is 6.04. The number of aromatic nitrogens is 2. The van der Waals surface area contributed by atoms with Crippen LogP contribution in [0, 0.1) is 13.8 Å². The summed E-state index contributed by atoms with van der Waals surface area (Å²) in [4.78, 5) is 24.2. The highest BCUT2D eigenvalue weighted by Gasteiger charge is 2.19. The lowest BCUT2D eigenvalue weighted by molar-refractivity contribution is -0.116. The summed E-state index contributed by atoms with van der Waals surface area (Å²) in [5.41, 5.74) is 2.77. The average Bonchev–Trinajstić information content (AvgIpc) is 2.89. The second-order valence-corrected chi connectivity index (χ2v) is 6.05. The Bertz CT molecular complexity index is 826. The summed E-state index contributed by atoms with van der Waals surface area (Å²) in [5, 5.41) is 7.14. The van der Waals surface area contributed by atoms with E-state index in [0.717, 1.165) is 11.4 Å². The summed E-state index contributed by atoms with van der Waals surface area (Å²) >= 11 is 0. The first-order chi connectivity index (χ1) is 11.9. The SMILES string of the molecule is CC(=O)c1cc2c(cc1NC(=O)CCn1nc(C)cc1C)OCCO2. The van der Waals surface area contributed by atoms with Crippen molar-refractivity contribution in [2.45, 2.75) is 33.7 Å². The molecule has 0 fully saturated rings. The van der Waals surface area contributed by atoms with Gasteiger partial charge in [0.05, 0.1) is 11.4 Å². The summed E-state index contributed by atoms with van der Waals surface area (Å²) in [7, 11) is 0. The molecule has 3 rings (SSSR count). The van der Waals surface area contributed by atoms with Crippen molar-refractivity contribution in [3.63, 3.8) is 0 Å². The van der Waals surface area contributed by atoms with Crippen molar-refractivity contribution in [3.8, 4) is 11.5 Å². The number of ether oxygens (including phenoxy) is 2. The number of fused-ring (bicyclic) bond motifs is 1. The molecule has 2 aromatic rings. The van der Waals surface area contributed by atoms with E-state index in [-0.39, 0.29) is 18.1 Å². The number of rotatable bonds is 5. The summed E-state index contributed by atoms with van der Waals surface area (Å²) in [6.45, 7) is 6.68. The third-order valence-corrected chi connectivity index (χ3v) is 3.99. The molecule has 7 nitrogen and oxygen atoms in total. The Morgan fingerprint density at radius 3 is 2.44 bits per heavy atom. The van der Waals surface area contributed by atoms with Gasteiger partial charge < -0.3 is 14.8 Å². The van der Waals surface area contributed by atoms with Crippen molar-refractivity contribution in [3.05, 3.63) is 35.2 Å². The van der Waals surface area contributed by atoms with Gasteiger partial charge in [-0.3, -0.25) is 14.3 Å². The maximum Gasteiger partial charge on any atom is 0.226 e.